The van der Waals surface area contributed by atoms with Crippen LogP contribution in [0, 0.1) is 6.92 Å². The summed E-state index contributed by atoms with van der Waals surface area (Å²) in [6.45, 7) is 7.38. The zero-order chi connectivity index (χ0) is 32.7. The summed E-state index contributed by atoms with van der Waals surface area (Å²) in [4.78, 5) is 33.4. The van der Waals surface area contributed by atoms with Crippen molar-refractivity contribution in [2.24, 2.45) is 0 Å². The van der Waals surface area contributed by atoms with Gasteiger partial charge in [0.05, 0.1) is 41.8 Å². The van der Waals surface area contributed by atoms with Crippen LogP contribution in [0.25, 0.3) is 32.9 Å². The Bertz CT molecular complexity index is 1980. The summed E-state index contributed by atoms with van der Waals surface area (Å²) in [6.07, 6.45) is -0.396. The summed E-state index contributed by atoms with van der Waals surface area (Å²) in [5.74, 6) is -0.329. The number of carboxylic acid groups (broad SMARTS) is 1. The number of hydrogen-bond donors (Lipinski definition) is 2. The van der Waals surface area contributed by atoms with E-state index in [1.54, 1.807) is 46.0 Å². The van der Waals surface area contributed by atoms with Crippen molar-refractivity contribution >= 4 is 27.8 Å². The smallest absolute Gasteiger partial charge is 0.417 e. The summed E-state index contributed by atoms with van der Waals surface area (Å²) < 4.78 is 47.2. The summed E-state index contributed by atoms with van der Waals surface area (Å²) >= 11 is 0. The minimum absolute atomic E-state index is 0.153. The van der Waals surface area contributed by atoms with Crippen LogP contribution in [0.2, 0.25) is 0 Å². The van der Waals surface area contributed by atoms with E-state index in [2.05, 4.69) is 9.97 Å². The minimum atomic E-state index is -4.58. The Kier molecular flexibility index (Phi) is 8.41. The molecule has 1 aliphatic heterocycles. The van der Waals surface area contributed by atoms with Gasteiger partial charge in [0.25, 0.3) is 5.56 Å². The van der Waals surface area contributed by atoms with Crippen molar-refractivity contribution in [3.63, 3.8) is 0 Å². The number of hydrogen-bond acceptors (Lipinski definition) is 6. The molecule has 0 spiro atoms. The number of aliphatic hydroxyl groups is 1. The van der Waals surface area contributed by atoms with Crippen LogP contribution < -0.4 is 10.3 Å². The molecule has 3 aromatic heterocycles. The molecule has 0 amide bonds. The molecular formula is C34H32F3N3O5. The maximum Gasteiger partial charge on any atom is 0.417 e. The van der Waals surface area contributed by atoms with Gasteiger partial charge in [0.1, 0.15) is 5.75 Å². The van der Waals surface area contributed by atoms with Crippen LogP contribution in [-0.2, 0) is 30.4 Å². The first-order valence-corrected chi connectivity index (χ1v) is 14.3. The molecule has 0 radical (unpaired) electrons. The molecule has 0 unspecified atom stereocenters. The van der Waals surface area contributed by atoms with E-state index in [9.17, 15) is 27.9 Å². The normalized spacial score (nSPS) is 12.9. The lowest BCUT2D eigenvalue weighted by Gasteiger charge is -2.22. The first-order valence-electron chi connectivity index (χ1n) is 14.3. The molecule has 11 heteroatoms. The number of alkyl halides is 3. The Hall–Kier alpha value is -4.77. The Morgan fingerprint density at radius 1 is 1.07 bits per heavy atom. The molecule has 234 valence electrons. The summed E-state index contributed by atoms with van der Waals surface area (Å²) in [6, 6.07) is 11.3. The Labute approximate surface area is 256 Å². The van der Waals surface area contributed by atoms with Gasteiger partial charge in [-0.15, -0.1) is 0 Å². The second kappa shape index (κ2) is 12.0. The van der Waals surface area contributed by atoms with E-state index < -0.39 is 28.9 Å². The third kappa shape index (κ3) is 6.83. The molecule has 0 fully saturated rings. The predicted molar refractivity (Wildman–Crippen MR) is 165 cm³/mol. The molecule has 2 N–H and O–H groups in total. The van der Waals surface area contributed by atoms with Crippen molar-refractivity contribution < 1.29 is 32.9 Å². The highest BCUT2D eigenvalue weighted by molar-refractivity contribution is 6.08. The molecule has 8 nitrogen and oxygen atoms in total. The zero-order valence-corrected chi connectivity index (χ0v) is 25.2. The largest absolute Gasteiger partial charge is 0.493 e. The molecule has 0 bridgehead atoms. The van der Waals surface area contributed by atoms with Gasteiger partial charge in [-0.25, -0.2) is 0 Å². The molecule has 6 rings (SSSR count). The number of aliphatic carboxylic acids is 1. The molecule has 2 aromatic carbocycles. The third-order valence-corrected chi connectivity index (χ3v) is 7.26. The van der Waals surface area contributed by atoms with Crippen molar-refractivity contribution in [3.05, 3.63) is 99.2 Å². The summed E-state index contributed by atoms with van der Waals surface area (Å²) in [7, 11) is 0. The van der Waals surface area contributed by atoms with Gasteiger partial charge in [0.2, 0.25) is 0 Å². The van der Waals surface area contributed by atoms with E-state index in [0.717, 1.165) is 23.2 Å². The highest BCUT2D eigenvalue weighted by Crippen LogP contribution is 2.42. The van der Waals surface area contributed by atoms with Crippen molar-refractivity contribution in [2.45, 2.75) is 58.9 Å². The average molecular weight is 620 g/mol. The van der Waals surface area contributed by atoms with Crippen LogP contribution in [0.3, 0.4) is 0 Å². The fourth-order valence-corrected chi connectivity index (χ4v) is 5.48. The van der Waals surface area contributed by atoms with Crippen molar-refractivity contribution in [1.82, 2.24) is 14.5 Å². The molecule has 0 aliphatic carbocycles. The number of fused-ring (bicyclic) bond motifs is 1. The summed E-state index contributed by atoms with van der Waals surface area (Å²) in [5.41, 5.74) is 3.04. The predicted octanol–water partition coefficient (Wildman–Crippen LogP) is 6.33. The Morgan fingerprint density at radius 3 is 2.49 bits per heavy atom. The molecule has 0 atom stereocenters. The van der Waals surface area contributed by atoms with Crippen LogP contribution in [0.5, 0.6) is 5.75 Å². The van der Waals surface area contributed by atoms with E-state index >= 15 is 0 Å². The molecule has 1 aliphatic rings. The maximum absolute atomic E-state index is 13.3. The fourth-order valence-electron chi connectivity index (χ4n) is 5.48. The van der Waals surface area contributed by atoms with E-state index in [-0.39, 0.29) is 18.5 Å². The van der Waals surface area contributed by atoms with Gasteiger partial charge in [-0.05, 0) is 91.9 Å². The molecule has 0 saturated heterocycles. The number of carbonyl (C=O) groups is 1. The van der Waals surface area contributed by atoms with Gasteiger partial charge in [-0.3, -0.25) is 19.6 Å². The molecule has 45 heavy (non-hydrogen) atoms. The van der Waals surface area contributed by atoms with Gasteiger partial charge in [-0.1, -0.05) is 0 Å². The highest BCUT2D eigenvalue weighted by atomic mass is 19.4. The van der Waals surface area contributed by atoms with Gasteiger partial charge < -0.3 is 19.5 Å². The topological polar surface area (TPSA) is 115 Å². The van der Waals surface area contributed by atoms with Crippen molar-refractivity contribution in [1.29, 1.82) is 0 Å². The SMILES string of the molecule is CC(C)(C)O.Cc1cc2c(ccc(=O)n2Cc2cncc(C(F)(F)F)c2)c(-c2ccc3c4c(ccnc24)CCO3)c1CC(=O)O. The van der Waals surface area contributed by atoms with E-state index in [1.807, 2.05) is 18.2 Å². The number of rotatable bonds is 5. The van der Waals surface area contributed by atoms with Crippen LogP contribution in [0.4, 0.5) is 13.2 Å². The number of halogens is 3. The maximum atomic E-state index is 13.3. The number of aryl methyl sites for hydroxylation is 1. The van der Waals surface area contributed by atoms with Gasteiger partial charge in [0.15, 0.2) is 0 Å². The van der Waals surface area contributed by atoms with Gasteiger partial charge in [-0.2, -0.15) is 13.2 Å². The number of ether oxygens (including phenoxy) is 1. The lowest BCUT2D eigenvalue weighted by Crippen LogP contribution is -2.21. The monoisotopic (exact) mass is 619 g/mol. The van der Waals surface area contributed by atoms with Crippen molar-refractivity contribution in [2.75, 3.05) is 6.61 Å². The Morgan fingerprint density at radius 2 is 1.80 bits per heavy atom. The van der Waals surface area contributed by atoms with E-state index in [4.69, 9.17) is 9.84 Å². The number of nitrogens with zero attached hydrogens (tertiary/aromatic N) is 3. The Balaban J connectivity index is 0.000000743. The lowest BCUT2D eigenvalue weighted by atomic mass is 9.87. The molecule has 4 heterocycles. The van der Waals surface area contributed by atoms with Crippen molar-refractivity contribution in [3.8, 4) is 16.9 Å². The van der Waals surface area contributed by atoms with E-state index in [1.165, 1.54) is 16.8 Å². The molecule has 5 aromatic rings. The van der Waals surface area contributed by atoms with Gasteiger partial charge >= 0.3 is 12.1 Å². The number of benzene rings is 2. The quantitative estimate of drug-likeness (QED) is 0.236. The van der Waals surface area contributed by atoms with Gasteiger partial charge in [0, 0.05) is 47.4 Å². The fraction of sp³-hybridized carbons (Fsp3) is 0.294. The lowest BCUT2D eigenvalue weighted by molar-refractivity contribution is -0.138. The summed E-state index contributed by atoms with van der Waals surface area (Å²) in [5, 5.41) is 19.7. The van der Waals surface area contributed by atoms with Crippen LogP contribution in [0.15, 0.2) is 65.8 Å². The first-order chi connectivity index (χ1) is 21.1. The highest BCUT2D eigenvalue weighted by Gasteiger charge is 2.31. The second-order valence-corrected chi connectivity index (χ2v) is 12.0. The zero-order valence-electron chi connectivity index (χ0n) is 25.2. The minimum Gasteiger partial charge on any atom is -0.493 e. The average Bonchev–Trinajstić information content (AvgIpc) is 2.95. The molecule has 0 saturated carbocycles. The standard InChI is InChI=1S/C30H22F3N3O4.C4H10O/c1-16-10-23-20(3-5-25(37)36(23)15-17-11-19(14-34-13-17)30(31,32)33)28(22(16)12-26(38)39)21-2-4-24-27-18(7-9-40-24)6-8-35-29(21)27;1-4(2,3)5/h2-6,8,10-11,13-14H,7,9,12,15H2,1H3,(H,38,39);5H,1-3H3. The first kappa shape index (κ1) is 31.6. The van der Waals surface area contributed by atoms with Crippen LogP contribution in [0.1, 0.15) is 48.6 Å². The third-order valence-electron chi connectivity index (χ3n) is 7.26. The number of pyridine rings is 3. The van der Waals surface area contributed by atoms with E-state index in [0.29, 0.717) is 57.5 Å². The van der Waals surface area contributed by atoms with Crippen LogP contribution >= 0.6 is 0 Å². The van der Waals surface area contributed by atoms with Crippen LogP contribution in [-0.4, -0.2) is 42.9 Å². The second-order valence-electron chi connectivity index (χ2n) is 12.0. The number of carboxylic acids is 1. The number of aromatic nitrogens is 3. The molecular weight excluding hydrogens is 587 g/mol.